The first-order valence-corrected chi connectivity index (χ1v) is 11.2. The molecule has 2 aromatic rings. The normalized spacial score (nSPS) is 12.2. The molecule has 2 aromatic carbocycles. The zero-order valence-electron chi connectivity index (χ0n) is 16.6. The maximum absolute atomic E-state index is 12.2. The maximum atomic E-state index is 12.2. The minimum Gasteiger partial charge on any atom is -0.494 e. The van der Waals surface area contributed by atoms with E-state index in [1.807, 2.05) is 44.2 Å². The van der Waals surface area contributed by atoms with Crippen LogP contribution in [0, 0.1) is 0 Å². The van der Waals surface area contributed by atoms with Crippen LogP contribution in [-0.4, -0.2) is 33.7 Å². The van der Waals surface area contributed by atoms with Crippen LogP contribution in [0.3, 0.4) is 0 Å². The van der Waals surface area contributed by atoms with Crippen molar-refractivity contribution >= 4 is 21.6 Å². The summed E-state index contributed by atoms with van der Waals surface area (Å²) >= 11 is 0. The highest BCUT2D eigenvalue weighted by atomic mass is 32.2. The zero-order chi connectivity index (χ0) is 20.6. The number of nitrogens with one attached hydrogen (secondary N) is 1. The number of benzene rings is 2. The molecule has 0 aromatic heterocycles. The lowest BCUT2D eigenvalue weighted by atomic mass is 10.1. The molecular weight excluding hydrogens is 376 g/mol. The molecule has 152 valence electrons. The monoisotopic (exact) mass is 404 g/mol. The highest BCUT2D eigenvalue weighted by Gasteiger charge is 2.18. The van der Waals surface area contributed by atoms with Gasteiger partial charge in [0, 0.05) is 13.0 Å². The Labute approximate surface area is 167 Å². The summed E-state index contributed by atoms with van der Waals surface area (Å²) in [4.78, 5) is 12.2. The first kappa shape index (κ1) is 21.8. The van der Waals surface area contributed by atoms with Crippen LogP contribution >= 0.6 is 0 Å². The summed E-state index contributed by atoms with van der Waals surface area (Å²) in [5.74, 6) is 0.588. The lowest BCUT2D eigenvalue weighted by Crippen LogP contribution is -2.32. The van der Waals surface area contributed by atoms with Crippen molar-refractivity contribution in [3.05, 3.63) is 60.2 Å². The summed E-state index contributed by atoms with van der Waals surface area (Å²) in [7, 11) is -3.45. The average Bonchev–Trinajstić information content (AvgIpc) is 2.66. The smallest absolute Gasteiger partial charge is 0.232 e. The van der Waals surface area contributed by atoms with Gasteiger partial charge in [-0.3, -0.25) is 9.10 Å². The molecule has 0 bridgehead atoms. The number of rotatable bonds is 10. The van der Waals surface area contributed by atoms with Crippen molar-refractivity contribution in [3.63, 3.8) is 0 Å². The van der Waals surface area contributed by atoms with Gasteiger partial charge in [-0.15, -0.1) is 0 Å². The highest BCUT2D eigenvalue weighted by molar-refractivity contribution is 7.92. The summed E-state index contributed by atoms with van der Waals surface area (Å²) in [6.45, 7) is 4.60. The first-order chi connectivity index (χ1) is 13.3. The van der Waals surface area contributed by atoms with Crippen LogP contribution in [0.15, 0.2) is 54.6 Å². The minimum absolute atomic E-state index is 0.0918. The Balaban J connectivity index is 1.92. The van der Waals surface area contributed by atoms with Gasteiger partial charge in [-0.05, 0) is 50.1 Å². The SMILES string of the molecule is CCOc1ccc(N(CCCC(=O)N[C@H](C)c2ccccc2)S(C)(=O)=O)cc1. The summed E-state index contributed by atoms with van der Waals surface area (Å²) in [6, 6.07) is 16.5. The van der Waals surface area contributed by atoms with E-state index in [9.17, 15) is 13.2 Å². The minimum atomic E-state index is -3.45. The van der Waals surface area contributed by atoms with Gasteiger partial charge >= 0.3 is 0 Å². The molecular formula is C21H28N2O4S. The van der Waals surface area contributed by atoms with E-state index in [0.717, 1.165) is 5.56 Å². The number of ether oxygens (including phenoxy) is 1. The number of carbonyl (C=O) groups is 1. The molecule has 7 heteroatoms. The molecule has 0 radical (unpaired) electrons. The summed E-state index contributed by atoms with van der Waals surface area (Å²) in [5.41, 5.74) is 1.59. The molecule has 0 saturated heterocycles. The van der Waals surface area contributed by atoms with Crippen LogP contribution in [0.2, 0.25) is 0 Å². The molecule has 2 rings (SSSR count). The van der Waals surface area contributed by atoms with Gasteiger partial charge in [-0.1, -0.05) is 30.3 Å². The number of carbonyl (C=O) groups excluding carboxylic acids is 1. The lowest BCUT2D eigenvalue weighted by molar-refractivity contribution is -0.121. The van der Waals surface area contributed by atoms with Crippen LogP contribution in [0.25, 0.3) is 0 Å². The fraction of sp³-hybridized carbons (Fsp3) is 0.381. The van der Waals surface area contributed by atoms with Gasteiger partial charge in [-0.25, -0.2) is 8.42 Å². The molecule has 1 N–H and O–H groups in total. The number of amides is 1. The van der Waals surface area contributed by atoms with Crippen LogP contribution < -0.4 is 14.4 Å². The summed E-state index contributed by atoms with van der Waals surface area (Å²) in [6.07, 6.45) is 1.84. The van der Waals surface area contributed by atoms with Gasteiger partial charge in [0.05, 0.1) is 24.6 Å². The van der Waals surface area contributed by atoms with Gasteiger partial charge in [0.15, 0.2) is 0 Å². The molecule has 0 spiro atoms. The third-order valence-corrected chi connectivity index (χ3v) is 5.47. The van der Waals surface area contributed by atoms with Crippen LogP contribution in [-0.2, 0) is 14.8 Å². The topological polar surface area (TPSA) is 75.7 Å². The Morgan fingerprint density at radius 1 is 1.11 bits per heavy atom. The molecule has 28 heavy (non-hydrogen) atoms. The third-order valence-electron chi connectivity index (χ3n) is 4.28. The number of anilines is 1. The van der Waals surface area contributed by atoms with E-state index >= 15 is 0 Å². The van der Waals surface area contributed by atoms with Crippen LogP contribution in [0.4, 0.5) is 5.69 Å². The van der Waals surface area contributed by atoms with Gasteiger partial charge in [0.2, 0.25) is 15.9 Å². The second kappa shape index (κ2) is 10.1. The fourth-order valence-electron chi connectivity index (χ4n) is 2.88. The van der Waals surface area contributed by atoms with Crippen LogP contribution in [0.5, 0.6) is 5.75 Å². The standard InChI is InChI=1S/C21H28N2O4S/c1-4-27-20-14-12-19(13-15-20)23(28(3,25)26)16-8-11-21(24)22-17(2)18-9-6-5-7-10-18/h5-7,9-10,12-15,17H,4,8,11,16H2,1-3H3,(H,22,24)/t17-/m1/s1. The van der Waals surface area contributed by atoms with Crippen molar-refractivity contribution in [1.82, 2.24) is 5.32 Å². The second-order valence-corrected chi connectivity index (χ2v) is 8.47. The average molecular weight is 405 g/mol. The number of sulfonamides is 1. The lowest BCUT2D eigenvalue weighted by Gasteiger charge is -2.23. The zero-order valence-corrected chi connectivity index (χ0v) is 17.4. The Morgan fingerprint density at radius 2 is 1.75 bits per heavy atom. The first-order valence-electron chi connectivity index (χ1n) is 9.36. The summed E-state index contributed by atoms with van der Waals surface area (Å²) < 4.78 is 31.1. The molecule has 0 aliphatic heterocycles. The quantitative estimate of drug-likeness (QED) is 0.657. The van der Waals surface area contributed by atoms with Crippen molar-refractivity contribution < 1.29 is 17.9 Å². The van der Waals surface area contributed by atoms with E-state index in [-0.39, 0.29) is 24.9 Å². The van der Waals surface area contributed by atoms with E-state index < -0.39 is 10.0 Å². The van der Waals surface area contributed by atoms with Gasteiger partial charge in [0.25, 0.3) is 0 Å². The molecule has 6 nitrogen and oxygen atoms in total. The molecule has 0 unspecified atom stereocenters. The predicted molar refractivity (Wildman–Crippen MR) is 112 cm³/mol. The fourth-order valence-corrected chi connectivity index (χ4v) is 3.85. The Hall–Kier alpha value is -2.54. The molecule has 0 saturated carbocycles. The van der Waals surface area contributed by atoms with Crippen molar-refractivity contribution in [2.24, 2.45) is 0 Å². The van der Waals surface area contributed by atoms with Gasteiger partial charge < -0.3 is 10.1 Å². The summed E-state index contributed by atoms with van der Waals surface area (Å²) in [5, 5.41) is 2.95. The van der Waals surface area contributed by atoms with Crippen molar-refractivity contribution in [2.45, 2.75) is 32.7 Å². The van der Waals surface area contributed by atoms with Crippen LogP contribution in [0.1, 0.15) is 38.3 Å². The largest absolute Gasteiger partial charge is 0.494 e. The molecule has 1 amide bonds. The number of nitrogens with zero attached hydrogens (tertiary/aromatic N) is 1. The van der Waals surface area contributed by atoms with Crippen molar-refractivity contribution in [3.8, 4) is 5.75 Å². The third kappa shape index (κ3) is 6.56. The second-order valence-electron chi connectivity index (χ2n) is 6.57. The van der Waals surface area contributed by atoms with E-state index in [1.54, 1.807) is 24.3 Å². The maximum Gasteiger partial charge on any atom is 0.232 e. The van der Waals surface area contributed by atoms with Gasteiger partial charge in [-0.2, -0.15) is 0 Å². The van der Waals surface area contributed by atoms with E-state index in [0.29, 0.717) is 24.5 Å². The van der Waals surface area contributed by atoms with Gasteiger partial charge in [0.1, 0.15) is 5.75 Å². The van der Waals surface area contributed by atoms with Crippen molar-refractivity contribution in [1.29, 1.82) is 0 Å². The molecule has 0 aliphatic rings. The van der Waals surface area contributed by atoms with E-state index in [4.69, 9.17) is 4.74 Å². The Bertz CT molecular complexity index is 852. The molecule has 0 fully saturated rings. The Morgan fingerprint density at radius 3 is 2.32 bits per heavy atom. The molecule has 1 atom stereocenters. The molecule has 0 heterocycles. The van der Waals surface area contributed by atoms with Crippen molar-refractivity contribution in [2.75, 3.05) is 23.7 Å². The molecule has 0 aliphatic carbocycles. The van der Waals surface area contributed by atoms with E-state index in [2.05, 4.69) is 5.32 Å². The highest BCUT2D eigenvalue weighted by Crippen LogP contribution is 2.22. The Kier molecular flexibility index (Phi) is 7.87. The van der Waals surface area contributed by atoms with E-state index in [1.165, 1.54) is 10.6 Å². The number of hydrogen-bond donors (Lipinski definition) is 1. The predicted octanol–water partition coefficient (Wildman–Crippen LogP) is 3.51. The number of hydrogen-bond acceptors (Lipinski definition) is 4.